The van der Waals surface area contributed by atoms with Gasteiger partial charge in [0, 0.05) is 28.4 Å². The van der Waals surface area contributed by atoms with E-state index in [-0.39, 0.29) is 23.8 Å². The predicted octanol–water partition coefficient (Wildman–Crippen LogP) is 3.64. The summed E-state index contributed by atoms with van der Waals surface area (Å²) in [5.41, 5.74) is 2.63. The molecule has 10 heteroatoms. The van der Waals surface area contributed by atoms with Crippen molar-refractivity contribution < 1.29 is 13.6 Å². The van der Waals surface area contributed by atoms with Crippen LogP contribution >= 0.6 is 11.3 Å². The Bertz CT molecular complexity index is 1500. The summed E-state index contributed by atoms with van der Waals surface area (Å²) in [5.74, 6) is -0.112. The third-order valence-corrected chi connectivity index (χ3v) is 6.33. The lowest BCUT2D eigenvalue weighted by Gasteiger charge is -2.07. The Balaban J connectivity index is 1.28. The number of fused-ring (bicyclic) bond motifs is 1. The molecule has 0 fully saturated rings. The Kier molecular flexibility index (Phi) is 5.35. The van der Waals surface area contributed by atoms with Crippen LogP contribution in [-0.2, 0) is 17.9 Å². The number of aryl methyl sites for hydroxylation is 1. The topological polar surface area (TPSA) is 94.4 Å². The first-order valence-corrected chi connectivity index (χ1v) is 10.9. The van der Waals surface area contributed by atoms with E-state index in [2.05, 4.69) is 15.4 Å². The number of carbonyl (C=O) groups excluding carboxylic acids is 1. The maximum atomic E-state index is 13.2. The van der Waals surface area contributed by atoms with E-state index in [0.717, 1.165) is 31.5 Å². The number of aromatic nitrogens is 4. The molecule has 166 valence electrons. The van der Waals surface area contributed by atoms with Crippen LogP contribution in [-0.4, -0.2) is 25.1 Å². The standard InChI is InChI=1S/C23H18FN5O3S/c1-14-20(33-23-26-18(12-28(14)23)15-4-6-16(24)7-5-15)11-25-21(30)13-29-22(31)9-8-17(27-29)19-3-2-10-32-19/h2-10,12H,11,13H2,1H3,(H,25,30). The van der Waals surface area contributed by atoms with Crippen molar-refractivity contribution >= 4 is 22.2 Å². The molecule has 0 saturated carbocycles. The summed E-state index contributed by atoms with van der Waals surface area (Å²) in [7, 11) is 0. The van der Waals surface area contributed by atoms with E-state index < -0.39 is 0 Å². The number of furan rings is 1. The highest BCUT2D eigenvalue weighted by Crippen LogP contribution is 2.27. The van der Waals surface area contributed by atoms with Crippen molar-refractivity contribution in [2.45, 2.75) is 20.0 Å². The Morgan fingerprint density at radius 2 is 1.97 bits per heavy atom. The van der Waals surface area contributed by atoms with Gasteiger partial charge in [0.05, 0.1) is 18.5 Å². The average molecular weight is 463 g/mol. The zero-order chi connectivity index (χ0) is 22.9. The predicted molar refractivity (Wildman–Crippen MR) is 121 cm³/mol. The lowest BCUT2D eigenvalue weighted by atomic mass is 10.2. The van der Waals surface area contributed by atoms with Crippen molar-refractivity contribution in [2.24, 2.45) is 0 Å². The molecule has 0 saturated heterocycles. The summed E-state index contributed by atoms with van der Waals surface area (Å²) in [6.07, 6.45) is 3.41. The van der Waals surface area contributed by atoms with Crippen molar-refractivity contribution in [2.75, 3.05) is 0 Å². The number of hydrogen-bond acceptors (Lipinski definition) is 6. The maximum Gasteiger partial charge on any atom is 0.267 e. The molecular weight excluding hydrogens is 445 g/mol. The first-order valence-electron chi connectivity index (χ1n) is 10.1. The number of halogens is 1. The molecule has 33 heavy (non-hydrogen) atoms. The van der Waals surface area contributed by atoms with Gasteiger partial charge in [-0.3, -0.25) is 14.0 Å². The van der Waals surface area contributed by atoms with Gasteiger partial charge >= 0.3 is 0 Å². The van der Waals surface area contributed by atoms with Crippen LogP contribution in [0.25, 0.3) is 27.7 Å². The Hall–Kier alpha value is -4.05. The summed E-state index contributed by atoms with van der Waals surface area (Å²) < 4.78 is 21.5. The molecule has 0 bridgehead atoms. The van der Waals surface area contributed by atoms with Gasteiger partial charge in [-0.25, -0.2) is 14.1 Å². The molecule has 0 spiro atoms. The zero-order valence-corrected chi connectivity index (χ0v) is 18.3. The van der Waals surface area contributed by atoms with Crippen molar-refractivity contribution in [3.8, 4) is 22.7 Å². The first-order chi connectivity index (χ1) is 16.0. The minimum absolute atomic E-state index is 0.205. The van der Waals surface area contributed by atoms with E-state index in [4.69, 9.17) is 4.42 Å². The third kappa shape index (κ3) is 4.20. The molecule has 0 aliphatic heterocycles. The largest absolute Gasteiger partial charge is 0.463 e. The highest BCUT2D eigenvalue weighted by atomic mass is 32.1. The van der Waals surface area contributed by atoms with Crippen LogP contribution in [0.1, 0.15) is 10.6 Å². The van der Waals surface area contributed by atoms with E-state index in [9.17, 15) is 14.0 Å². The summed E-state index contributed by atoms with van der Waals surface area (Å²) in [5, 5.41) is 7.05. The van der Waals surface area contributed by atoms with E-state index in [1.165, 1.54) is 35.8 Å². The number of benzene rings is 1. The molecule has 8 nitrogen and oxygen atoms in total. The van der Waals surface area contributed by atoms with Gasteiger partial charge in [-0.15, -0.1) is 0 Å². The minimum atomic E-state index is -0.375. The van der Waals surface area contributed by atoms with E-state index in [0.29, 0.717) is 18.0 Å². The second-order valence-electron chi connectivity index (χ2n) is 7.36. The third-order valence-electron chi connectivity index (χ3n) is 5.17. The first kappa shape index (κ1) is 20.8. The number of hydrogen-bond donors (Lipinski definition) is 1. The Morgan fingerprint density at radius 1 is 1.15 bits per heavy atom. The van der Waals surface area contributed by atoms with Gasteiger partial charge in [0.15, 0.2) is 10.7 Å². The summed E-state index contributed by atoms with van der Waals surface area (Å²) in [4.78, 5) is 30.9. The molecule has 0 aliphatic rings. The number of nitrogens with one attached hydrogen (secondary N) is 1. The molecule has 1 N–H and O–H groups in total. The van der Waals surface area contributed by atoms with Crippen molar-refractivity contribution in [3.63, 3.8) is 0 Å². The molecule has 0 unspecified atom stereocenters. The Labute approximate surface area is 190 Å². The molecule has 4 heterocycles. The monoisotopic (exact) mass is 463 g/mol. The van der Waals surface area contributed by atoms with Crippen LogP contribution in [0, 0.1) is 12.7 Å². The molecule has 1 amide bonds. The highest BCUT2D eigenvalue weighted by molar-refractivity contribution is 7.17. The van der Waals surface area contributed by atoms with Crippen LogP contribution in [0.2, 0.25) is 0 Å². The summed E-state index contributed by atoms with van der Waals surface area (Å²) in [6, 6.07) is 12.6. The fraction of sp³-hybridized carbons (Fsp3) is 0.130. The fourth-order valence-corrected chi connectivity index (χ4v) is 4.45. The quantitative estimate of drug-likeness (QED) is 0.415. The molecule has 0 atom stereocenters. The molecule has 5 rings (SSSR count). The lowest BCUT2D eigenvalue weighted by molar-refractivity contribution is -0.122. The minimum Gasteiger partial charge on any atom is -0.463 e. The van der Waals surface area contributed by atoms with Crippen molar-refractivity contribution in [1.82, 2.24) is 24.5 Å². The zero-order valence-electron chi connectivity index (χ0n) is 17.5. The second-order valence-corrected chi connectivity index (χ2v) is 8.43. The number of nitrogens with zero attached hydrogens (tertiary/aromatic N) is 4. The van der Waals surface area contributed by atoms with Crippen LogP contribution in [0.5, 0.6) is 0 Å². The fourth-order valence-electron chi connectivity index (χ4n) is 3.41. The molecular formula is C23H18FN5O3S. The highest BCUT2D eigenvalue weighted by Gasteiger charge is 2.15. The summed E-state index contributed by atoms with van der Waals surface area (Å²) >= 11 is 1.46. The molecule has 0 aliphatic carbocycles. The van der Waals surface area contributed by atoms with Gasteiger partial charge in [0.1, 0.15) is 18.1 Å². The van der Waals surface area contributed by atoms with Gasteiger partial charge in [0.2, 0.25) is 5.91 Å². The number of imidazole rings is 1. The van der Waals surface area contributed by atoms with Crippen LogP contribution in [0.3, 0.4) is 0 Å². The number of carbonyl (C=O) groups is 1. The molecule has 5 aromatic rings. The van der Waals surface area contributed by atoms with E-state index >= 15 is 0 Å². The number of amides is 1. The maximum absolute atomic E-state index is 13.2. The Morgan fingerprint density at radius 3 is 2.70 bits per heavy atom. The van der Waals surface area contributed by atoms with E-state index in [1.807, 2.05) is 17.5 Å². The average Bonchev–Trinajstić information content (AvgIpc) is 3.53. The van der Waals surface area contributed by atoms with Gasteiger partial charge in [-0.2, -0.15) is 5.10 Å². The van der Waals surface area contributed by atoms with Gasteiger partial charge < -0.3 is 9.73 Å². The number of thiazole rings is 1. The normalized spacial score (nSPS) is 11.2. The van der Waals surface area contributed by atoms with Gasteiger partial charge in [-0.1, -0.05) is 11.3 Å². The summed E-state index contributed by atoms with van der Waals surface area (Å²) in [6.45, 7) is 2.04. The van der Waals surface area contributed by atoms with E-state index in [1.54, 1.807) is 30.3 Å². The van der Waals surface area contributed by atoms with Crippen molar-refractivity contribution in [3.05, 3.63) is 87.7 Å². The van der Waals surface area contributed by atoms with Crippen molar-refractivity contribution in [1.29, 1.82) is 0 Å². The van der Waals surface area contributed by atoms with Gasteiger partial charge in [-0.05, 0) is 49.4 Å². The number of rotatable bonds is 6. The smallest absolute Gasteiger partial charge is 0.267 e. The van der Waals surface area contributed by atoms with Crippen LogP contribution in [0.4, 0.5) is 4.39 Å². The van der Waals surface area contributed by atoms with Gasteiger partial charge in [0.25, 0.3) is 5.56 Å². The lowest BCUT2D eigenvalue weighted by Crippen LogP contribution is -2.33. The van der Waals surface area contributed by atoms with Crippen LogP contribution in [0.15, 0.2) is 70.2 Å². The molecule has 4 aromatic heterocycles. The second kappa shape index (κ2) is 8.47. The molecule has 0 radical (unpaired) electrons. The van der Waals surface area contributed by atoms with Crippen LogP contribution < -0.4 is 10.9 Å². The SMILES string of the molecule is Cc1c(CNC(=O)Cn2nc(-c3ccco3)ccc2=O)sc2nc(-c3ccc(F)cc3)cn12. The molecule has 1 aromatic carbocycles.